The van der Waals surface area contributed by atoms with Gasteiger partial charge < -0.3 is 19.8 Å². The summed E-state index contributed by atoms with van der Waals surface area (Å²) in [7, 11) is -3.83. The first-order valence-corrected chi connectivity index (χ1v) is 13.7. The second-order valence-corrected chi connectivity index (χ2v) is 12.1. The Hall–Kier alpha value is -3.40. The third kappa shape index (κ3) is 7.80. The van der Waals surface area contributed by atoms with Crippen molar-refractivity contribution >= 4 is 33.5 Å². The Labute approximate surface area is 227 Å². The molecule has 0 aliphatic rings. The lowest BCUT2D eigenvalue weighted by molar-refractivity contribution is 0.0147. The standard InChI is InChI=1S/C28H30ClNO7S/c1-28(2,3)37-27(34)30(18-25(31)21-5-4-6-22(29)17-21)16-15-19-7-11-23(12-8-19)38(35,36)24-13-9-20(10-14-24)26(32)33/h4-14,17,25,31H,15-16,18H2,1-3H3,(H,32,33)/t25-/m0/s1. The minimum Gasteiger partial charge on any atom is -0.478 e. The number of aromatic carboxylic acids is 1. The third-order valence-electron chi connectivity index (χ3n) is 5.59. The number of aliphatic hydroxyl groups is 1. The second-order valence-electron chi connectivity index (χ2n) is 9.72. The molecule has 0 unspecified atom stereocenters. The smallest absolute Gasteiger partial charge is 0.410 e. The predicted octanol–water partition coefficient (Wildman–Crippen LogP) is 5.38. The van der Waals surface area contributed by atoms with Crippen molar-refractivity contribution in [3.05, 3.63) is 94.5 Å². The monoisotopic (exact) mass is 559 g/mol. The van der Waals surface area contributed by atoms with E-state index in [2.05, 4.69) is 0 Å². The van der Waals surface area contributed by atoms with Gasteiger partial charge in [0, 0.05) is 11.6 Å². The molecule has 1 amide bonds. The van der Waals surface area contributed by atoms with E-state index in [1.54, 1.807) is 57.2 Å². The number of carbonyl (C=O) groups is 2. The molecule has 38 heavy (non-hydrogen) atoms. The summed E-state index contributed by atoms with van der Waals surface area (Å²) in [5, 5.41) is 20.2. The summed E-state index contributed by atoms with van der Waals surface area (Å²) in [4.78, 5) is 25.4. The number of carboxylic acids is 1. The summed E-state index contributed by atoms with van der Waals surface area (Å²) in [6.45, 7) is 5.46. The molecule has 3 rings (SSSR count). The van der Waals surface area contributed by atoms with Crippen molar-refractivity contribution in [3.63, 3.8) is 0 Å². The number of hydrogen-bond donors (Lipinski definition) is 2. The van der Waals surface area contributed by atoms with Gasteiger partial charge in [0.15, 0.2) is 0 Å². The molecule has 3 aromatic rings. The Kier molecular flexibility index (Phi) is 9.19. The second kappa shape index (κ2) is 12.0. The molecular formula is C28H30ClNO7S. The molecule has 0 saturated carbocycles. The first-order valence-electron chi connectivity index (χ1n) is 11.8. The van der Waals surface area contributed by atoms with Gasteiger partial charge in [-0.15, -0.1) is 0 Å². The number of sulfone groups is 1. The summed E-state index contributed by atoms with van der Waals surface area (Å²) < 4.78 is 31.4. The highest BCUT2D eigenvalue weighted by atomic mass is 35.5. The minimum atomic E-state index is -3.83. The summed E-state index contributed by atoms with van der Waals surface area (Å²) in [6, 6.07) is 18.0. The van der Waals surface area contributed by atoms with Gasteiger partial charge in [-0.3, -0.25) is 0 Å². The molecule has 0 saturated heterocycles. The molecule has 0 aliphatic carbocycles. The zero-order valence-electron chi connectivity index (χ0n) is 21.3. The normalized spacial score (nSPS) is 12.6. The van der Waals surface area contributed by atoms with Crippen molar-refractivity contribution in [1.82, 2.24) is 4.90 Å². The molecule has 0 bridgehead atoms. The fourth-order valence-corrected chi connectivity index (χ4v) is 5.08. The van der Waals surface area contributed by atoms with Crippen LogP contribution in [0.25, 0.3) is 0 Å². The average Bonchev–Trinajstić information content (AvgIpc) is 2.85. The first kappa shape index (κ1) is 29.2. The van der Waals surface area contributed by atoms with E-state index in [1.807, 2.05) is 0 Å². The Morgan fingerprint density at radius 3 is 2.08 bits per heavy atom. The number of carbonyl (C=O) groups excluding carboxylic acids is 1. The van der Waals surface area contributed by atoms with Crippen LogP contribution in [-0.2, 0) is 21.0 Å². The fourth-order valence-electron chi connectivity index (χ4n) is 3.62. The van der Waals surface area contributed by atoms with Gasteiger partial charge in [-0.25, -0.2) is 18.0 Å². The van der Waals surface area contributed by atoms with Crippen molar-refractivity contribution in [3.8, 4) is 0 Å². The maximum absolute atomic E-state index is 12.9. The zero-order valence-corrected chi connectivity index (χ0v) is 22.9. The number of amides is 1. The quantitative estimate of drug-likeness (QED) is 0.361. The van der Waals surface area contributed by atoms with Crippen molar-refractivity contribution in [2.24, 2.45) is 0 Å². The van der Waals surface area contributed by atoms with Crippen LogP contribution in [0.3, 0.4) is 0 Å². The van der Waals surface area contributed by atoms with Crippen molar-refractivity contribution in [1.29, 1.82) is 0 Å². The number of ether oxygens (including phenoxy) is 1. The van der Waals surface area contributed by atoms with Gasteiger partial charge in [0.1, 0.15) is 5.60 Å². The fraction of sp³-hybridized carbons (Fsp3) is 0.286. The Morgan fingerprint density at radius 2 is 1.55 bits per heavy atom. The van der Waals surface area contributed by atoms with Crippen molar-refractivity contribution in [2.75, 3.05) is 13.1 Å². The van der Waals surface area contributed by atoms with Crippen LogP contribution in [-0.4, -0.2) is 54.3 Å². The van der Waals surface area contributed by atoms with E-state index in [1.165, 1.54) is 41.3 Å². The molecule has 0 aromatic heterocycles. The van der Waals surface area contributed by atoms with E-state index in [-0.39, 0.29) is 28.4 Å². The maximum Gasteiger partial charge on any atom is 0.410 e. The largest absolute Gasteiger partial charge is 0.478 e. The van der Waals surface area contributed by atoms with Gasteiger partial charge in [-0.2, -0.15) is 0 Å². The van der Waals surface area contributed by atoms with Crippen LogP contribution in [0.5, 0.6) is 0 Å². The molecule has 0 aliphatic heterocycles. The molecule has 202 valence electrons. The lowest BCUT2D eigenvalue weighted by Crippen LogP contribution is -2.40. The topological polar surface area (TPSA) is 121 Å². The molecule has 8 nitrogen and oxygen atoms in total. The summed E-state index contributed by atoms with van der Waals surface area (Å²) in [5.74, 6) is -1.14. The van der Waals surface area contributed by atoms with Gasteiger partial charge in [0.25, 0.3) is 0 Å². The van der Waals surface area contributed by atoms with E-state index < -0.39 is 33.6 Å². The molecule has 2 N–H and O–H groups in total. The first-order chi connectivity index (χ1) is 17.8. The van der Waals surface area contributed by atoms with Crippen LogP contribution in [0.2, 0.25) is 5.02 Å². The lowest BCUT2D eigenvalue weighted by Gasteiger charge is -2.29. The number of rotatable bonds is 9. The van der Waals surface area contributed by atoms with Crippen LogP contribution in [0, 0.1) is 0 Å². The molecule has 0 heterocycles. The lowest BCUT2D eigenvalue weighted by atomic mass is 10.1. The number of benzene rings is 3. The Balaban J connectivity index is 1.74. The van der Waals surface area contributed by atoms with Crippen molar-refractivity contribution < 1.29 is 33.0 Å². The van der Waals surface area contributed by atoms with E-state index in [9.17, 15) is 23.1 Å². The summed E-state index contributed by atoms with van der Waals surface area (Å²) >= 11 is 6.04. The Bertz CT molecular complexity index is 1380. The maximum atomic E-state index is 12.9. The average molecular weight is 560 g/mol. The van der Waals surface area contributed by atoms with Crippen LogP contribution < -0.4 is 0 Å². The molecule has 10 heteroatoms. The minimum absolute atomic E-state index is 0.00526. The van der Waals surface area contributed by atoms with E-state index in [4.69, 9.17) is 21.4 Å². The highest BCUT2D eigenvalue weighted by Crippen LogP contribution is 2.23. The van der Waals surface area contributed by atoms with Crippen LogP contribution >= 0.6 is 11.6 Å². The number of carboxylic acid groups (broad SMARTS) is 1. The van der Waals surface area contributed by atoms with E-state index in [0.29, 0.717) is 17.0 Å². The molecule has 0 spiro atoms. The Morgan fingerprint density at radius 1 is 0.974 bits per heavy atom. The third-order valence-corrected chi connectivity index (χ3v) is 7.61. The predicted molar refractivity (Wildman–Crippen MR) is 143 cm³/mol. The highest BCUT2D eigenvalue weighted by molar-refractivity contribution is 7.91. The number of nitrogens with zero attached hydrogens (tertiary/aromatic N) is 1. The number of hydrogen-bond acceptors (Lipinski definition) is 6. The molecule has 0 radical (unpaired) electrons. The van der Waals surface area contributed by atoms with Gasteiger partial charge in [0.05, 0.1) is 28.0 Å². The highest BCUT2D eigenvalue weighted by Gasteiger charge is 2.25. The van der Waals surface area contributed by atoms with Crippen LogP contribution in [0.1, 0.15) is 48.4 Å². The number of halogens is 1. The molecular weight excluding hydrogens is 530 g/mol. The summed E-state index contributed by atoms with van der Waals surface area (Å²) in [5.41, 5.74) is 0.608. The van der Waals surface area contributed by atoms with Crippen LogP contribution in [0.15, 0.2) is 82.6 Å². The SMILES string of the molecule is CC(C)(C)OC(=O)N(CCc1ccc(S(=O)(=O)c2ccc(C(=O)O)cc2)cc1)C[C@H](O)c1cccc(Cl)c1. The molecule has 1 atom stereocenters. The van der Waals surface area contributed by atoms with Gasteiger partial charge in [-0.1, -0.05) is 35.9 Å². The zero-order chi connectivity index (χ0) is 28.1. The van der Waals surface area contributed by atoms with E-state index >= 15 is 0 Å². The number of aliphatic hydroxyl groups excluding tert-OH is 1. The van der Waals surface area contributed by atoms with Gasteiger partial charge in [0.2, 0.25) is 9.84 Å². The van der Waals surface area contributed by atoms with Crippen molar-refractivity contribution in [2.45, 2.75) is 48.7 Å². The van der Waals surface area contributed by atoms with E-state index in [0.717, 1.165) is 5.56 Å². The van der Waals surface area contributed by atoms with Gasteiger partial charge >= 0.3 is 12.1 Å². The summed E-state index contributed by atoms with van der Waals surface area (Å²) in [6.07, 6.45) is -1.18. The molecule has 3 aromatic carbocycles. The molecule has 0 fully saturated rings. The van der Waals surface area contributed by atoms with Crippen LogP contribution in [0.4, 0.5) is 4.79 Å². The van der Waals surface area contributed by atoms with Gasteiger partial charge in [-0.05, 0) is 86.8 Å².